The topological polar surface area (TPSA) is 60.7 Å². The van der Waals surface area contributed by atoms with Crippen molar-refractivity contribution in [2.45, 2.75) is 25.9 Å². The summed E-state index contributed by atoms with van der Waals surface area (Å²) in [5.41, 5.74) is 2.78. The fourth-order valence-electron chi connectivity index (χ4n) is 1.30. The number of aryl methyl sites for hydroxylation is 1. The summed E-state index contributed by atoms with van der Waals surface area (Å²) in [4.78, 5) is 0. The Morgan fingerprint density at radius 1 is 1.13 bits per heavy atom. The van der Waals surface area contributed by atoms with Crippen molar-refractivity contribution < 1.29 is 15.1 Å². The first-order valence-corrected chi connectivity index (χ1v) is 5.22. The molecule has 0 spiro atoms. The summed E-state index contributed by atoms with van der Waals surface area (Å²) in [6.07, 6.45) is 0. The van der Waals surface area contributed by atoms with Crippen LogP contribution < -0.4 is 0 Å². The number of benzene rings is 1. The quantitative estimate of drug-likeness (QED) is 0.497. The maximum Gasteiger partial charge on any atom is 0.631 e. The van der Waals surface area contributed by atoms with Crippen LogP contribution in [0.5, 0.6) is 0 Å². The molecule has 1 unspecified atom stereocenters. The van der Waals surface area contributed by atoms with Gasteiger partial charge in [0.15, 0.2) is 0 Å². The molecule has 1 rings (SSSR count). The van der Waals surface area contributed by atoms with E-state index in [1.54, 1.807) is 0 Å². The maximum absolute atomic E-state index is 7.17. The van der Waals surface area contributed by atoms with E-state index in [1.807, 2.05) is 0 Å². The lowest BCUT2D eigenvalue weighted by Gasteiger charge is -2.20. The molecule has 0 aromatic heterocycles. The Labute approximate surface area is 93.5 Å². The molecule has 1 aromatic carbocycles. The normalized spacial score (nSPS) is 10.3. The van der Waals surface area contributed by atoms with Gasteiger partial charge in [-0.05, 0) is 18.1 Å². The van der Waals surface area contributed by atoms with E-state index in [-0.39, 0.29) is 5.16 Å². The van der Waals surface area contributed by atoms with Gasteiger partial charge < -0.3 is 15.1 Å². The summed E-state index contributed by atoms with van der Waals surface area (Å²) in [6.45, 7) is 6.57. The van der Waals surface area contributed by atoms with E-state index in [9.17, 15) is 0 Å². The molecule has 15 heavy (non-hydrogen) atoms. The first kappa shape index (κ1) is 14.6. The minimum atomic E-state index is -2.17. The second-order valence-electron chi connectivity index (χ2n) is 3.88. The summed E-state index contributed by atoms with van der Waals surface area (Å²) in [7, 11) is 0.697. The third-order valence-corrected chi connectivity index (χ3v) is 2.15. The zero-order valence-electron chi connectivity index (χ0n) is 9.31. The molecule has 1 atom stereocenters. The number of hydrogen-bond acceptors (Lipinski definition) is 3. The van der Waals surface area contributed by atoms with E-state index in [4.69, 9.17) is 15.1 Å². The monoisotopic (exact) mass is 228 g/mol. The Bertz CT molecular complexity index is 294. The lowest BCUT2D eigenvalue weighted by Crippen LogP contribution is -2.08. The first-order chi connectivity index (χ1) is 6.75. The van der Waals surface area contributed by atoms with Crippen LogP contribution in [0, 0.1) is 6.92 Å². The summed E-state index contributed by atoms with van der Waals surface area (Å²) >= 11 is 0. The predicted octanol–water partition coefficient (Wildman–Crippen LogP) is 1.05. The predicted molar refractivity (Wildman–Crippen MR) is 66.3 cm³/mol. The van der Waals surface area contributed by atoms with Gasteiger partial charge >= 0.3 is 7.32 Å². The van der Waals surface area contributed by atoms with E-state index in [0.717, 1.165) is 0 Å². The zero-order chi connectivity index (χ0) is 12.1. The second-order valence-corrected chi connectivity index (χ2v) is 5.33. The zero-order valence-corrected chi connectivity index (χ0v) is 10.5. The lowest BCUT2D eigenvalue weighted by atomic mass is 9.97. The minimum absolute atomic E-state index is 0.200. The Kier molecular flexibility index (Phi) is 6.07. The van der Waals surface area contributed by atoms with Crippen LogP contribution in [0.1, 0.15) is 25.0 Å². The number of hydrogen-bond donors (Lipinski definition) is 3. The molecule has 0 fully saturated rings. The Balaban J connectivity index is 0.000000423. The van der Waals surface area contributed by atoms with Gasteiger partial charge in [0.25, 0.3) is 0 Å². The lowest BCUT2D eigenvalue weighted by molar-refractivity contribution is 0.278. The molecule has 0 aliphatic carbocycles. The van der Waals surface area contributed by atoms with Crippen LogP contribution in [0.4, 0.5) is 0 Å². The van der Waals surface area contributed by atoms with Gasteiger partial charge in [0.05, 0.1) is 0 Å². The fourth-order valence-corrected chi connectivity index (χ4v) is 1.62. The summed E-state index contributed by atoms with van der Waals surface area (Å²) in [5.74, 6) is 0. The molecule has 0 amide bonds. The van der Waals surface area contributed by atoms with Gasteiger partial charge in [0.1, 0.15) is 0 Å². The summed E-state index contributed by atoms with van der Waals surface area (Å²) in [5, 5.41) is 21.7. The van der Waals surface area contributed by atoms with Gasteiger partial charge in [-0.15, -0.1) is 9.24 Å². The van der Waals surface area contributed by atoms with Crippen molar-refractivity contribution >= 4 is 16.6 Å². The van der Waals surface area contributed by atoms with Crippen molar-refractivity contribution in [3.05, 3.63) is 35.4 Å². The standard InChI is InChI=1S/C10H15P.BH3O3/c1-8-6-4-5-7-9(8)10(2,3)11;2-1(3)4/h4-7H,11H2,1-3H3;2-4H. The number of rotatable bonds is 1. The van der Waals surface area contributed by atoms with Gasteiger partial charge in [-0.25, -0.2) is 0 Å². The van der Waals surface area contributed by atoms with E-state index in [1.165, 1.54) is 11.1 Å². The van der Waals surface area contributed by atoms with Gasteiger partial charge in [-0.3, -0.25) is 0 Å². The molecule has 5 heteroatoms. The minimum Gasteiger partial charge on any atom is -0.402 e. The van der Waals surface area contributed by atoms with Crippen molar-refractivity contribution in [2.75, 3.05) is 0 Å². The molecular weight excluding hydrogens is 210 g/mol. The fraction of sp³-hybridized carbons (Fsp3) is 0.400. The molecule has 0 bridgehead atoms. The first-order valence-electron chi connectivity index (χ1n) is 4.64. The van der Waals surface area contributed by atoms with Crippen LogP contribution in [0.2, 0.25) is 0 Å². The smallest absolute Gasteiger partial charge is 0.402 e. The van der Waals surface area contributed by atoms with Crippen molar-refractivity contribution in [3.8, 4) is 0 Å². The van der Waals surface area contributed by atoms with Crippen LogP contribution in [-0.2, 0) is 5.16 Å². The third-order valence-electron chi connectivity index (χ3n) is 1.84. The highest BCUT2D eigenvalue weighted by atomic mass is 31.0. The van der Waals surface area contributed by atoms with Crippen LogP contribution in [-0.4, -0.2) is 22.4 Å². The average molecular weight is 228 g/mol. The van der Waals surface area contributed by atoms with Gasteiger partial charge in [0.2, 0.25) is 0 Å². The molecule has 0 saturated heterocycles. The SMILES string of the molecule is Cc1ccccc1C(C)(C)P.OB(O)O. The van der Waals surface area contributed by atoms with E-state index in [2.05, 4.69) is 54.3 Å². The largest absolute Gasteiger partial charge is 0.631 e. The van der Waals surface area contributed by atoms with Crippen LogP contribution in [0.3, 0.4) is 0 Å². The molecule has 84 valence electrons. The van der Waals surface area contributed by atoms with Gasteiger partial charge in [0, 0.05) is 5.16 Å². The molecular formula is C10H18BO3P. The van der Waals surface area contributed by atoms with Crippen molar-refractivity contribution in [1.82, 2.24) is 0 Å². The molecule has 3 nitrogen and oxygen atoms in total. The maximum atomic E-state index is 7.17. The van der Waals surface area contributed by atoms with Crippen molar-refractivity contribution in [2.24, 2.45) is 0 Å². The van der Waals surface area contributed by atoms with Crippen LogP contribution >= 0.6 is 9.24 Å². The van der Waals surface area contributed by atoms with Crippen molar-refractivity contribution in [1.29, 1.82) is 0 Å². The molecule has 0 radical (unpaired) electrons. The molecule has 0 aliphatic heterocycles. The summed E-state index contributed by atoms with van der Waals surface area (Å²) < 4.78 is 0. The van der Waals surface area contributed by atoms with Gasteiger partial charge in [-0.2, -0.15) is 0 Å². The van der Waals surface area contributed by atoms with Crippen molar-refractivity contribution in [3.63, 3.8) is 0 Å². The molecule has 0 aliphatic rings. The van der Waals surface area contributed by atoms with Crippen LogP contribution in [0.25, 0.3) is 0 Å². The Morgan fingerprint density at radius 3 is 1.80 bits per heavy atom. The molecule has 1 aromatic rings. The average Bonchev–Trinajstić information content (AvgIpc) is 2.01. The summed E-state index contributed by atoms with van der Waals surface area (Å²) in [6, 6.07) is 8.51. The second kappa shape index (κ2) is 6.24. The Morgan fingerprint density at radius 2 is 1.53 bits per heavy atom. The molecule has 0 saturated carbocycles. The van der Waals surface area contributed by atoms with E-state index in [0.29, 0.717) is 0 Å². The molecule has 3 N–H and O–H groups in total. The van der Waals surface area contributed by atoms with E-state index >= 15 is 0 Å². The third kappa shape index (κ3) is 6.64. The highest BCUT2D eigenvalue weighted by Gasteiger charge is 2.14. The van der Waals surface area contributed by atoms with Crippen LogP contribution in [0.15, 0.2) is 24.3 Å². The van der Waals surface area contributed by atoms with E-state index < -0.39 is 7.32 Å². The highest BCUT2D eigenvalue weighted by molar-refractivity contribution is 7.18. The Hall–Kier alpha value is -0.405. The molecule has 0 heterocycles. The van der Waals surface area contributed by atoms with Gasteiger partial charge in [-0.1, -0.05) is 38.1 Å². The highest BCUT2D eigenvalue weighted by Crippen LogP contribution is 2.31.